The number of halogens is 1. The van der Waals surface area contributed by atoms with Crippen molar-refractivity contribution in [2.75, 3.05) is 6.61 Å². The van der Waals surface area contributed by atoms with Crippen molar-refractivity contribution in [3.63, 3.8) is 0 Å². The molecule has 0 saturated carbocycles. The van der Waals surface area contributed by atoms with E-state index in [0.717, 1.165) is 5.56 Å². The van der Waals surface area contributed by atoms with Gasteiger partial charge < -0.3 is 10.1 Å². The maximum atomic E-state index is 13.0. The molecular formula is C23H20FNO3. The number of amides is 1. The zero-order valence-corrected chi connectivity index (χ0v) is 15.4. The Morgan fingerprint density at radius 2 is 1.46 bits per heavy atom. The van der Waals surface area contributed by atoms with Crippen LogP contribution in [-0.2, 0) is 4.79 Å². The Bertz CT molecular complexity index is 938. The first-order chi connectivity index (χ1) is 13.5. The minimum Gasteiger partial charge on any atom is -0.484 e. The van der Waals surface area contributed by atoms with Crippen LogP contribution in [0.2, 0.25) is 0 Å². The number of benzene rings is 3. The lowest BCUT2D eigenvalue weighted by Gasteiger charge is -2.14. The fourth-order valence-corrected chi connectivity index (χ4v) is 2.73. The standard InChI is InChI=1S/C23H20FNO3/c1-16(17-5-3-2-4-6-17)25-22(26)15-28-21-13-9-19(10-14-21)23(27)18-7-11-20(24)12-8-18/h2-14,16H,15H2,1H3,(H,25,26)/t16-/m0/s1. The minimum absolute atomic E-state index is 0.118. The summed E-state index contributed by atoms with van der Waals surface area (Å²) in [7, 11) is 0. The topological polar surface area (TPSA) is 55.4 Å². The van der Waals surface area contributed by atoms with Gasteiger partial charge in [-0.2, -0.15) is 0 Å². The monoisotopic (exact) mass is 377 g/mol. The van der Waals surface area contributed by atoms with Crippen LogP contribution in [0, 0.1) is 5.82 Å². The summed E-state index contributed by atoms with van der Waals surface area (Å²) in [5, 5.41) is 2.87. The summed E-state index contributed by atoms with van der Waals surface area (Å²) < 4.78 is 18.5. The molecule has 28 heavy (non-hydrogen) atoms. The number of carbonyl (C=O) groups is 2. The van der Waals surface area contributed by atoms with Crippen molar-refractivity contribution in [1.82, 2.24) is 5.32 Å². The third-order valence-corrected chi connectivity index (χ3v) is 4.27. The maximum absolute atomic E-state index is 13.0. The molecule has 4 nitrogen and oxygen atoms in total. The smallest absolute Gasteiger partial charge is 0.258 e. The molecule has 0 unspecified atom stereocenters. The zero-order chi connectivity index (χ0) is 19.9. The van der Waals surface area contributed by atoms with Crippen LogP contribution in [0.25, 0.3) is 0 Å². The van der Waals surface area contributed by atoms with Crippen LogP contribution < -0.4 is 10.1 Å². The molecule has 0 fully saturated rings. The summed E-state index contributed by atoms with van der Waals surface area (Å²) in [5.41, 5.74) is 1.88. The van der Waals surface area contributed by atoms with Crippen molar-refractivity contribution in [2.24, 2.45) is 0 Å². The average molecular weight is 377 g/mol. The molecule has 0 aromatic heterocycles. The van der Waals surface area contributed by atoms with Crippen molar-refractivity contribution < 1.29 is 18.7 Å². The molecule has 0 saturated heterocycles. The molecule has 0 heterocycles. The summed E-state index contributed by atoms with van der Waals surface area (Å²) in [6.07, 6.45) is 0. The molecule has 3 rings (SSSR count). The lowest BCUT2D eigenvalue weighted by molar-refractivity contribution is -0.123. The summed E-state index contributed by atoms with van der Waals surface area (Å²) in [6.45, 7) is 1.78. The number of nitrogens with one attached hydrogen (secondary N) is 1. The van der Waals surface area contributed by atoms with Gasteiger partial charge in [0.15, 0.2) is 12.4 Å². The Hall–Kier alpha value is -3.47. The van der Waals surface area contributed by atoms with Crippen LogP contribution >= 0.6 is 0 Å². The lowest BCUT2D eigenvalue weighted by atomic mass is 10.0. The Labute approximate surface area is 163 Å². The number of hydrogen-bond acceptors (Lipinski definition) is 3. The van der Waals surface area contributed by atoms with Gasteiger partial charge >= 0.3 is 0 Å². The van der Waals surface area contributed by atoms with Gasteiger partial charge in [0.25, 0.3) is 5.91 Å². The van der Waals surface area contributed by atoms with E-state index in [1.807, 2.05) is 37.3 Å². The second-order valence-corrected chi connectivity index (χ2v) is 6.35. The van der Waals surface area contributed by atoms with Crippen molar-refractivity contribution in [3.8, 4) is 5.75 Å². The van der Waals surface area contributed by atoms with Crippen molar-refractivity contribution in [1.29, 1.82) is 0 Å². The molecule has 0 radical (unpaired) electrons. The van der Waals surface area contributed by atoms with E-state index in [4.69, 9.17) is 4.74 Å². The highest BCUT2D eigenvalue weighted by atomic mass is 19.1. The normalized spacial score (nSPS) is 11.5. The Balaban J connectivity index is 1.53. The van der Waals surface area contributed by atoms with Gasteiger partial charge in [-0.05, 0) is 61.0 Å². The van der Waals surface area contributed by atoms with Crippen LogP contribution in [0.3, 0.4) is 0 Å². The highest BCUT2D eigenvalue weighted by Crippen LogP contribution is 2.16. The van der Waals surface area contributed by atoms with E-state index in [2.05, 4.69) is 5.32 Å². The van der Waals surface area contributed by atoms with E-state index in [1.165, 1.54) is 24.3 Å². The quantitative estimate of drug-likeness (QED) is 0.624. The molecule has 0 spiro atoms. The number of ether oxygens (including phenoxy) is 1. The van der Waals surface area contributed by atoms with Gasteiger partial charge in [0.2, 0.25) is 0 Å². The second kappa shape index (κ2) is 8.95. The highest BCUT2D eigenvalue weighted by molar-refractivity contribution is 6.09. The average Bonchev–Trinajstić information content (AvgIpc) is 2.73. The molecule has 0 aliphatic rings. The molecule has 0 aliphatic carbocycles. The van der Waals surface area contributed by atoms with E-state index in [1.54, 1.807) is 24.3 Å². The summed E-state index contributed by atoms with van der Waals surface area (Å²) in [5.74, 6) is -0.345. The number of rotatable bonds is 7. The van der Waals surface area contributed by atoms with Gasteiger partial charge in [-0.15, -0.1) is 0 Å². The van der Waals surface area contributed by atoms with Gasteiger partial charge in [0.05, 0.1) is 6.04 Å². The van der Waals surface area contributed by atoms with Crippen LogP contribution in [0.5, 0.6) is 5.75 Å². The van der Waals surface area contributed by atoms with Gasteiger partial charge in [-0.25, -0.2) is 4.39 Å². The molecule has 3 aromatic carbocycles. The first kappa shape index (κ1) is 19.3. The Kier molecular flexibility index (Phi) is 6.17. The van der Waals surface area contributed by atoms with Crippen molar-refractivity contribution in [2.45, 2.75) is 13.0 Å². The minimum atomic E-state index is -0.389. The van der Waals surface area contributed by atoms with Crippen molar-refractivity contribution in [3.05, 3.63) is 101 Å². The first-order valence-electron chi connectivity index (χ1n) is 8.90. The Morgan fingerprint density at radius 3 is 2.07 bits per heavy atom. The number of hydrogen-bond donors (Lipinski definition) is 1. The number of ketones is 1. The van der Waals surface area contributed by atoms with Crippen LogP contribution in [-0.4, -0.2) is 18.3 Å². The third kappa shape index (κ3) is 5.04. The van der Waals surface area contributed by atoms with Gasteiger partial charge in [0, 0.05) is 11.1 Å². The van der Waals surface area contributed by atoms with Gasteiger partial charge in [0.1, 0.15) is 11.6 Å². The summed E-state index contributed by atoms with van der Waals surface area (Å²) in [4.78, 5) is 24.4. The van der Waals surface area contributed by atoms with E-state index < -0.39 is 0 Å². The molecule has 0 bridgehead atoms. The molecule has 3 aromatic rings. The van der Waals surface area contributed by atoms with Crippen LogP contribution in [0.15, 0.2) is 78.9 Å². The van der Waals surface area contributed by atoms with Crippen LogP contribution in [0.4, 0.5) is 4.39 Å². The van der Waals surface area contributed by atoms with Crippen molar-refractivity contribution >= 4 is 11.7 Å². The fraction of sp³-hybridized carbons (Fsp3) is 0.130. The predicted molar refractivity (Wildman–Crippen MR) is 105 cm³/mol. The Morgan fingerprint density at radius 1 is 0.893 bits per heavy atom. The predicted octanol–water partition coefficient (Wildman–Crippen LogP) is 4.31. The molecule has 5 heteroatoms. The summed E-state index contributed by atoms with van der Waals surface area (Å²) in [6, 6.07) is 21.4. The highest BCUT2D eigenvalue weighted by Gasteiger charge is 2.11. The third-order valence-electron chi connectivity index (χ3n) is 4.27. The maximum Gasteiger partial charge on any atom is 0.258 e. The molecule has 1 N–H and O–H groups in total. The van der Waals surface area contributed by atoms with Gasteiger partial charge in [-0.3, -0.25) is 9.59 Å². The van der Waals surface area contributed by atoms with E-state index in [9.17, 15) is 14.0 Å². The largest absolute Gasteiger partial charge is 0.484 e. The molecule has 142 valence electrons. The molecule has 1 amide bonds. The molecule has 0 aliphatic heterocycles. The first-order valence-corrected chi connectivity index (χ1v) is 8.90. The zero-order valence-electron chi connectivity index (χ0n) is 15.4. The number of carbonyl (C=O) groups excluding carboxylic acids is 2. The van der Waals surface area contributed by atoms with E-state index >= 15 is 0 Å². The second-order valence-electron chi connectivity index (χ2n) is 6.35. The van der Waals surface area contributed by atoms with E-state index in [-0.39, 0.29) is 30.2 Å². The SMILES string of the molecule is C[C@H](NC(=O)COc1ccc(C(=O)c2ccc(F)cc2)cc1)c1ccccc1. The van der Waals surface area contributed by atoms with Crippen LogP contribution in [0.1, 0.15) is 34.5 Å². The van der Waals surface area contributed by atoms with E-state index in [0.29, 0.717) is 16.9 Å². The fourth-order valence-electron chi connectivity index (χ4n) is 2.73. The summed E-state index contributed by atoms with van der Waals surface area (Å²) >= 11 is 0. The van der Waals surface area contributed by atoms with Gasteiger partial charge in [-0.1, -0.05) is 30.3 Å². The lowest BCUT2D eigenvalue weighted by Crippen LogP contribution is -2.31. The molecule has 1 atom stereocenters. The molecular weight excluding hydrogens is 357 g/mol.